The maximum absolute atomic E-state index is 4.90. The van der Waals surface area contributed by atoms with E-state index in [4.69, 9.17) is 4.98 Å². The van der Waals surface area contributed by atoms with E-state index in [1.54, 1.807) is 0 Å². The molecule has 0 aliphatic rings. The van der Waals surface area contributed by atoms with Crippen LogP contribution in [0.1, 0.15) is 26.3 Å². The fourth-order valence-electron chi connectivity index (χ4n) is 2.55. The zero-order valence-electron chi connectivity index (χ0n) is 13.0. The summed E-state index contributed by atoms with van der Waals surface area (Å²) in [5, 5.41) is 4.46. The number of rotatable bonds is 6. The molecule has 0 aliphatic heterocycles. The first-order valence-electron chi connectivity index (χ1n) is 7.44. The molecular weight excluding hydrogens is 246 g/mol. The minimum Gasteiger partial charge on any atom is -0.356 e. The normalized spacial score (nSPS) is 11.2. The molecule has 0 saturated heterocycles. The summed E-state index contributed by atoms with van der Waals surface area (Å²) in [6, 6.07) is 10.6. The van der Waals surface area contributed by atoms with Gasteiger partial charge in [0.05, 0.1) is 5.52 Å². The summed E-state index contributed by atoms with van der Waals surface area (Å²) >= 11 is 0. The first-order valence-corrected chi connectivity index (χ1v) is 7.44. The van der Waals surface area contributed by atoms with Crippen LogP contribution < -0.4 is 10.2 Å². The first-order chi connectivity index (χ1) is 9.65. The van der Waals surface area contributed by atoms with Gasteiger partial charge >= 0.3 is 0 Å². The van der Waals surface area contributed by atoms with Crippen LogP contribution in [0.3, 0.4) is 0 Å². The quantitative estimate of drug-likeness (QED) is 0.872. The predicted molar refractivity (Wildman–Crippen MR) is 87.2 cm³/mol. The van der Waals surface area contributed by atoms with Gasteiger partial charge in [0.15, 0.2) is 0 Å². The van der Waals surface area contributed by atoms with Crippen LogP contribution in [0.25, 0.3) is 10.9 Å². The van der Waals surface area contributed by atoms with Gasteiger partial charge in [0, 0.05) is 30.6 Å². The molecule has 1 aromatic heterocycles. The lowest BCUT2D eigenvalue weighted by Gasteiger charge is -2.26. The molecule has 0 bridgehead atoms. The van der Waals surface area contributed by atoms with E-state index in [9.17, 15) is 0 Å². The van der Waals surface area contributed by atoms with E-state index in [-0.39, 0.29) is 0 Å². The minimum atomic E-state index is 0.630. The van der Waals surface area contributed by atoms with Gasteiger partial charge in [-0.15, -0.1) is 0 Å². The molecule has 3 heteroatoms. The third-order valence-corrected chi connectivity index (χ3v) is 3.41. The Morgan fingerprint density at radius 3 is 2.65 bits per heavy atom. The molecule has 0 amide bonds. The van der Waals surface area contributed by atoms with Gasteiger partial charge < -0.3 is 10.2 Å². The molecule has 0 atom stereocenters. The van der Waals surface area contributed by atoms with Gasteiger partial charge in [-0.3, -0.25) is 0 Å². The SMILES string of the molecule is CCN(CC(C)C)c1nc2ccccc2cc1CNC. The van der Waals surface area contributed by atoms with Gasteiger partial charge in [-0.05, 0) is 32.0 Å². The first kappa shape index (κ1) is 14.8. The second-order valence-electron chi connectivity index (χ2n) is 5.63. The molecule has 0 saturated carbocycles. The number of nitrogens with zero attached hydrogens (tertiary/aromatic N) is 2. The number of fused-ring (bicyclic) bond motifs is 1. The number of hydrogen-bond donors (Lipinski definition) is 1. The Morgan fingerprint density at radius 1 is 1.25 bits per heavy atom. The van der Waals surface area contributed by atoms with Crippen LogP contribution in [0.4, 0.5) is 5.82 Å². The fourth-order valence-corrected chi connectivity index (χ4v) is 2.55. The Morgan fingerprint density at radius 2 is 2.00 bits per heavy atom. The van der Waals surface area contributed by atoms with Gasteiger partial charge in [0.2, 0.25) is 0 Å². The van der Waals surface area contributed by atoms with Gasteiger partial charge in [0.1, 0.15) is 5.82 Å². The summed E-state index contributed by atoms with van der Waals surface area (Å²) in [5.41, 5.74) is 2.35. The number of para-hydroxylation sites is 1. The van der Waals surface area contributed by atoms with Crippen molar-refractivity contribution in [3.63, 3.8) is 0 Å². The Kier molecular flexibility index (Phi) is 4.96. The molecule has 20 heavy (non-hydrogen) atoms. The minimum absolute atomic E-state index is 0.630. The van der Waals surface area contributed by atoms with E-state index in [1.165, 1.54) is 10.9 Å². The highest BCUT2D eigenvalue weighted by Gasteiger charge is 2.13. The third kappa shape index (κ3) is 3.28. The second-order valence-corrected chi connectivity index (χ2v) is 5.63. The molecule has 3 nitrogen and oxygen atoms in total. The molecule has 1 N–H and O–H groups in total. The van der Waals surface area contributed by atoms with Gasteiger partial charge in [-0.1, -0.05) is 32.0 Å². The van der Waals surface area contributed by atoms with Crippen molar-refractivity contribution in [2.24, 2.45) is 5.92 Å². The summed E-state index contributed by atoms with van der Waals surface area (Å²) in [6.45, 7) is 9.58. The molecule has 108 valence electrons. The van der Waals surface area contributed by atoms with Crippen LogP contribution in [-0.4, -0.2) is 25.1 Å². The summed E-state index contributed by atoms with van der Waals surface area (Å²) in [5.74, 6) is 1.75. The molecule has 0 spiro atoms. The average molecular weight is 271 g/mol. The maximum atomic E-state index is 4.90. The predicted octanol–water partition coefficient (Wildman–Crippen LogP) is 3.44. The van der Waals surface area contributed by atoms with Gasteiger partial charge in [-0.25, -0.2) is 4.98 Å². The lowest BCUT2D eigenvalue weighted by molar-refractivity contribution is 0.612. The standard InChI is InChI=1S/C17H25N3/c1-5-20(12-13(2)3)17-15(11-18-4)10-14-8-6-7-9-16(14)19-17/h6-10,13,18H,5,11-12H2,1-4H3. The lowest BCUT2D eigenvalue weighted by atomic mass is 10.1. The summed E-state index contributed by atoms with van der Waals surface area (Å²) in [7, 11) is 1.98. The Bertz CT molecular complexity index is 563. The van der Waals surface area contributed by atoms with Crippen LogP contribution >= 0.6 is 0 Å². The van der Waals surface area contributed by atoms with Crippen LogP contribution in [0, 0.1) is 5.92 Å². The van der Waals surface area contributed by atoms with Crippen LogP contribution in [-0.2, 0) is 6.54 Å². The number of nitrogens with one attached hydrogen (secondary N) is 1. The van der Waals surface area contributed by atoms with E-state index in [0.717, 1.165) is 31.0 Å². The van der Waals surface area contributed by atoms with Crippen molar-refractivity contribution in [2.45, 2.75) is 27.3 Å². The zero-order valence-corrected chi connectivity index (χ0v) is 13.0. The molecule has 0 radical (unpaired) electrons. The highest BCUT2D eigenvalue weighted by Crippen LogP contribution is 2.24. The van der Waals surface area contributed by atoms with Crippen molar-refractivity contribution in [2.75, 3.05) is 25.0 Å². The Balaban J connectivity index is 2.49. The molecule has 1 aromatic carbocycles. The number of anilines is 1. The van der Waals surface area contributed by atoms with E-state index in [1.807, 2.05) is 7.05 Å². The highest BCUT2D eigenvalue weighted by atomic mass is 15.2. The summed E-state index contributed by atoms with van der Waals surface area (Å²) < 4.78 is 0. The average Bonchev–Trinajstić information content (AvgIpc) is 2.44. The molecule has 1 heterocycles. The van der Waals surface area contributed by atoms with Gasteiger partial charge in [-0.2, -0.15) is 0 Å². The zero-order chi connectivity index (χ0) is 14.5. The molecule has 0 aliphatic carbocycles. The highest BCUT2D eigenvalue weighted by molar-refractivity contribution is 5.81. The van der Waals surface area contributed by atoms with E-state index >= 15 is 0 Å². The van der Waals surface area contributed by atoms with Crippen LogP contribution in [0.15, 0.2) is 30.3 Å². The van der Waals surface area contributed by atoms with Crippen LogP contribution in [0.5, 0.6) is 0 Å². The summed E-state index contributed by atoms with van der Waals surface area (Å²) in [6.07, 6.45) is 0. The Labute approximate surface area is 122 Å². The molecular formula is C17H25N3. The third-order valence-electron chi connectivity index (χ3n) is 3.41. The van der Waals surface area contributed by atoms with E-state index in [2.05, 4.69) is 61.3 Å². The smallest absolute Gasteiger partial charge is 0.133 e. The monoisotopic (exact) mass is 271 g/mol. The topological polar surface area (TPSA) is 28.2 Å². The number of benzene rings is 1. The molecule has 0 fully saturated rings. The van der Waals surface area contributed by atoms with E-state index < -0.39 is 0 Å². The number of hydrogen-bond acceptors (Lipinski definition) is 3. The second kappa shape index (κ2) is 6.71. The largest absolute Gasteiger partial charge is 0.356 e. The van der Waals surface area contributed by atoms with Gasteiger partial charge in [0.25, 0.3) is 0 Å². The Hall–Kier alpha value is -1.61. The maximum Gasteiger partial charge on any atom is 0.133 e. The van der Waals surface area contributed by atoms with Crippen molar-refractivity contribution in [1.29, 1.82) is 0 Å². The lowest BCUT2D eigenvalue weighted by Crippen LogP contribution is -2.29. The molecule has 0 unspecified atom stereocenters. The van der Waals surface area contributed by atoms with Crippen molar-refractivity contribution in [1.82, 2.24) is 10.3 Å². The number of pyridine rings is 1. The van der Waals surface area contributed by atoms with Crippen molar-refractivity contribution >= 4 is 16.7 Å². The van der Waals surface area contributed by atoms with E-state index in [0.29, 0.717) is 5.92 Å². The van der Waals surface area contributed by atoms with Crippen molar-refractivity contribution in [3.8, 4) is 0 Å². The van der Waals surface area contributed by atoms with Crippen LogP contribution in [0.2, 0.25) is 0 Å². The van der Waals surface area contributed by atoms with Crippen molar-refractivity contribution < 1.29 is 0 Å². The number of aromatic nitrogens is 1. The molecule has 2 rings (SSSR count). The fraction of sp³-hybridized carbons (Fsp3) is 0.471. The molecule has 2 aromatic rings. The summed E-state index contributed by atoms with van der Waals surface area (Å²) in [4.78, 5) is 7.28. The van der Waals surface area contributed by atoms with Crippen molar-refractivity contribution in [3.05, 3.63) is 35.9 Å².